The van der Waals surface area contributed by atoms with E-state index in [1.807, 2.05) is 0 Å². The summed E-state index contributed by atoms with van der Waals surface area (Å²) in [4.78, 5) is 12.8. The summed E-state index contributed by atoms with van der Waals surface area (Å²) >= 11 is 0. The summed E-state index contributed by atoms with van der Waals surface area (Å²) in [5.74, 6) is -0.208. The first-order valence-corrected chi connectivity index (χ1v) is 4.59. The van der Waals surface area contributed by atoms with Gasteiger partial charge < -0.3 is 20.6 Å². The van der Waals surface area contributed by atoms with Gasteiger partial charge in [-0.3, -0.25) is 9.69 Å². The number of hydrogen-bond acceptors (Lipinski definition) is 5. The van der Waals surface area contributed by atoms with Crippen LogP contribution in [0.15, 0.2) is 0 Å². The zero-order valence-electron chi connectivity index (χ0n) is 7.89. The number of rotatable bonds is 4. The summed E-state index contributed by atoms with van der Waals surface area (Å²) in [6, 6.07) is 0. The number of carbonyl (C=O) groups is 1. The Bertz CT molecular complexity index is 190. The van der Waals surface area contributed by atoms with Gasteiger partial charge in [0, 0.05) is 19.6 Å². The molecule has 0 bridgehead atoms. The highest BCUT2D eigenvalue weighted by Gasteiger charge is 2.30. The summed E-state index contributed by atoms with van der Waals surface area (Å²) in [6.45, 7) is 0.921. The molecule has 14 heavy (non-hydrogen) atoms. The Morgan fingerprint density at radius 2 is 1.93 bits per heavy atom. The lowest BCUT2D eigenvalue weighted by atomic mass is 10.3. The number of β-amino-alcohol motifs (C(OH)–C–C–N with tert-alkyl or cyclic N) is 2. The van der Waals surface area contributed by atoms with Gasteiger partial charge in [0.1, 0.15) is 0 Å². The van der Waals surface area contributed by atoms with Crippen LogP contribution in [-0.4, -0.2) is 71.1 Å². The van der Waals surface area contributed by atoms with Crippen molar-refractivity contribution in [2.24, 2.45) is 0 Å². The van der Waals surface area contributed by atoms with Crippen LogP contribution in [0.3, 0.4) is 0 Å². The van der Waals surface area contributed by atoms with Crippen molar-refractivity contribution in [1.29, 1.82) is 0 Å². The van der Waals surface area contributed by atoms with Gasteiger partial charge in [0.15, 0.2) is 0 Å². The Balaban J connectivity index is 2.21. The van der Waals surface area contributed by atoms with E-state index in [2.05, 4.69) is 5.32 Å². The lowest BCUT2D eigenvalue weighted by Crippen LogP contribution is -2.37. The van der Waals surface area contributed by atoms with E-state index < -0.39 is 12.2 Å². The van der Waals surface area contributed by atoms with Crippen molar-refractivity contribution < 1.29 is 20.1 Å². The van der Waals surface area contributed by atoms with E-state index >= 15 is 0 Å². The Morgan fingerprint density at radius 3 is 2.43 bits per heavy atom. The Labute approximate surface area is 82.1 Å². The van der Waals surface area contributed by atoms with E-state index in [9.17, 15) is 15.0 Å². The van der Waals surface area contributed by atoms with Crippen molar-refractivity contribution in [3.05, 3.63) is 0 Å². The number of aliphatic hydroxyl groups excluding tert-OH is 3. The highest BCUT2D eigenvalue weighted by Crippen LogP contribution is 2.08. The fraction of sp³-hybridized carbons (Fsp3) is 0.875. The maximum absolute atomic E-state index is 11.1. The van der Waals surface area contributed by atoms with Crippen LogP contribution in [0.2, 0.25) is 0 Å². The van der Waals surface area contributed by atoms with Crippen LogP contribution in [0.5, 0.6) is 0 Å². The lowest BCUT2D eigenvalue weighted by molar-refractivity contribution is -0.122. The number of carbonyl (C=O) groups excluding carboxylic acids is 1. The lowest BCUT2D eigenvalue weighted by Gasteiger charge is -2.13. The molecule has 0 aromatic rings. The summed E-state index contributed by atoms with van der Waals surface area (Å²) in [7, 11) is 0. The van der Waals surface area contributed by atoms with Gasteiger partial charge in [-0.25, -0.2) is 0 Å². The molecule has 0 aliphatic carbocycles. The molecule has 0 saturated carbocycles. The van der Waals surface area contributed by atoms with E-state index in [0.717, 1.165) is 0 Å². The van der Waals surface area contributed by atoms with Crippen LogP contribution < -0.4 is 5.32 Å². The topological polar surface area (TPSA) is 93.0 Å². The van der Waals surface area contributed by atoms with Crippen molar-refractivity contribution in [2.75, 3.05) is 32.8 Å². The second-order valence-corrected chi connectivity index (χ2v) is 3.40. The molecule has 0 spiro atoms. The van der Waals surface area contributed by atoms with Gasteiger partial charge in [0.2, 0.25) is 5.91 Å². The molecule has 1 heterocycles. The van der Waals surface area contributed by atoms with E-state index in [4.69, 9.17) is 5.11 Å². The second kappa shape index (κ2) is 5.26. The summed E-state index contributed by atoms with van der Waals surface area (Å²) in [6.07, 6.45) is -1.53. The monoisotopic (exact) mass is 204 g/mol. The van der Waals surface area contributed by atoms with Gasteiger partial charge in [0.05, 0.1) is 25.4 Å². The predicted molar refractivity (Wildman–Crippen MR) is 48.5 cm³/mol. The molecule has 0 radical (unpaired) electrons. The number of likely N-dealkylation sites (tertiary alicyclic amines) is 1. The third-order valence-corrected chi connectivity index (χ3v) is 2.14. The van der Waals surface area contributed by atoms with Crippen molar-refractivity contribution in [2.45, 2.75) is 12.2 Å². The van der Waals surface area contributed by atoms with Gasteiger partial charge >= 0.3 is 0 Å². The van der Waals surface area contributed by atoms with Crippen LogP contribution in [0.1, 0.15) is 0 Å². The first-order chi connectivity index (χ1) is 6.63. The largest absolute Gasteiger partial charge is 0.395 e. The molecule has 1 rings (SSSR count). The first-order valence-electron chi connectivity index (χ1n) is 4.59. The second-order valence-electron chi connectivity index (χ2n) is 3.40. The zero-order chi connectivity index (χ0) is 10.6. The molecule has 6 nitrogen and oxygen atoms in total. The molecule has 1 amide bonds. The molecule has 1 aliphatic rings. The third kappa shape index (κ3) is 3.22. The Morgan fingerprint density at radius 1 is 1.36 bits per heavy atom. The maximum atomic E-state index is 11.1. The fourth-order valence-corrected chi connectivity index (χ4v) is 1.43. The van der Waals surface area contributed by atoms with Gasteiger partial charge in [-0.05, 0) is 0 Å². The van der Waals surface area contributed by atoms with Gasteiger partial charge in [0.25, 0.3) is 0 Å². The number of hydrogen-bond donors (Lipinski definition) is 4. The molecule has 0 aromatic carbocycles. The minimum Gasteiger partial charge on any atom is -0.395 e. The van der Waals surface area contributed by atoms with Crippen LogP contribution in [0, 0.1) is 0 Å². The normalized spacial score (nSPS) is 27.9. The van der Waals surface area contributed by atoms with E-state index in [-0.39, 0.29) is 25.6 Å². The smallest absolute Gasteiger partial charge is 0.234 e. The molecule has 1 fully saturated rings. The number of nitrogens with one attached hydrogen (secondary N) is 1. The van der Waals surface area contributed by atoms with Crippen molar-refractivity contribution in [3.8, 4) is 0 Å². The predicted octanol–water partition coefficient (Wildman–Crippen LogP) is -2.87. The molecule has 82 valence electrons. The number of nitrogens with zero attached hydrogens (tertiary/aromatic N) is 1. The summed E-state index contributed by atoms with van der Waals surface area (Å²) < 4.78 is 0. The van der Waals surface area contributed by atoms with E-state index in [1.165, 1.54) is 0 Å². The molecule has 1 aliphatic heterocycles. The minimum atomic E-state index is -0.763. The molecule has 6 heteroatoms. The molecule has 2 atom stereocenters. The number of amides is 1. The molecule has 4 N–H and O–H groups in total. The molecular weight excluding hydrogens is 188 g/mol. The van der Waals surface area contributed by atoms with Crippen LogP contribution in [-0.2, 0) is 4.79 Å². The fourth-order valence-electron chi connectivity index (χ4n) is 1.43. The SMILES string of the molecule is O=C(CN1CC(O)C(O)C1)NCCO. The van der Waals surface area contributed by atoms with Gasteiger partial charge in [-0.15, -0.1) is 0 Å². The Kier molecular flexibility index (Phi) is 4.27. The molecular formula is C8H16N2O4. The summed E-state index contributed by atoms with van der Waals surface area (Å²) in [5.41, 5.74) is 0. The number of aliphatic hydroxyl groups is 3. The third-order valence-electron chi connectivity index (χ3n) is 2.14. The molecule has 0 aromatic heterocycles. The highest BCUT2D eigenvalue weighted by molar-refractivity contribution is 5.78. The van der Waals surface area contributed by atoms with E-state index in [0.29, 0.717) is 13.1 Å². The van der Waals surface area contributed by atoms with E-state index in [1.54, 1.807) is 4.90 Å². The average Bonchev–Trinajstić information content (AvgIpc) is 2.42. The average molecular weight is 204 g/mol. The summed E-state index contributed by atoms with van der Waals surface area (Å²) in [5, 5.41) is 29.3. The van der Waals surface area contributed by atoms with Crippen molar-refractivity contribution in [1.82, 2.24) is 10.2 Å². The van der Waals surface area contributed by atoms with Crippen LogP contribution >= 0.6 is 0 Å². The standard InChI is InChI=1S/C8H16N2O4/c11-2-1-9-8(14)5-10-3-6(12)7(13)4-10/h6-7,11-13H,1-5H2,(H,9,14). The maximum Gasteiger partial charge on any atom is 0.234 e. The van der Waals surface area contributed by atoms with Gasteiger partial charge in [-0.1, -0.05) is 0 Å². The molecule has 2 unspecified atom stereocenters. The Hall–Kier alpha value is -0.690. The zero-order valence-corrected chi connectivity index (χ0v) is 7.89. The van der Waals surface area contributed by atoms with Crippen LogP contribution in [0.25, 0.3) is 0 Å². The van der Waals surface area contributed by atoms with Crippen molar-refractivity contribution >= 4 is 5.91 Å². The van der Waals surface area contributed by atoms with Gasteiger partial charge in [-0.2, -0.15) is 0 Å². The molecule has 1 saturated heterocycles. The minimum absolute atomic E-state index is 0.0863. The quantitative estimate of drug-likeness (QED) is 0.395. The highest BCUT2D eigenvalue weighted by atomic mass is 16.3. The van der Waals surface area contributed by atoms with Crippen molar-refractivity contribution in [3.63, 3.8) is 0 Å². The van der Waals surface area contributed by atoms with Crippen LogP contribution in [0.4, 0.5) is 0 Å². The first kappa shape index (κ1) is 11.4.